The Morgan fingerprint density at radius 3 is 2.16 bits per heavy atom. The van der Waals surface area contributed by atoms with E-state index in [1.807, 2.05) is 43.3 Å². The summed E-state index contributed by atoms with van der Waals surface area (Å²) in [6, 6.07) is 22.9. The highest BCUT2D eigenvalue weighted by molar-refractivity contribution is 7.92. The molecule has 0 unspecified atom stereocenters. The summed E-state index contributed by atoms with van der Waals surface area (Å²) < 4.78 is 33.6. The molecule has 0 bridgehead atoms. The molecule has 0 atom stereocenters. The average molecular weight is 439 g/mol. The number of likely N-dealkylation sites (N-methyl/N-ethyl adjacent to an activating group) is 1. The van der Waals surface area contributed by atoms with Crippen LogP contribution in [0.25, 0.3) is 0 Å². The Hall–Kier alpha value is -3.32. The first-order valence-electron chi connectivity index (χ1n) is 9.83. The van der Waals surface area contributed by atoms with E-state index in [1.165, 1.54) is 24.1 Å². The highest BCUT2D eigenvalue weighted by atomic mass is 32.2. The van der Waals surface area contributed by atoms with Gasteiger partial charge < -0.3 is 9.64 Å². The normalized spacial score (nSPS) is 11.1. The van der Waals surface area contributed by atoms with Crippen molar-refractivity contribution in [1.82, 2.24) is 4.90 Å². The van der Waals surface area contributed by atoms with Crippen molar-refractivity contribution in [3.05, 3.63) is 90.0 Å². The lowest BCUT2D eigenvalue weighted by Gasteiger charge is -2.28. The molecule has 0 saturated heterocycles. The van der Waals surface area contributed by atoms with E-state index < -0.39 is 10.0 Å². The molecular weight excluding hydrogens is 412 g/mol. The molecule has 0 aliphatic carbocycles. The number of nitrogens with zero attached hydrogens (tertiary/aromatic N) is 2. The Kier molecular flexibility index (Phi) is 6.97. The third-order valence-corrected chi connectivity index (χ3v) is 6.68. The van der Waals surface area contributed by atoms with Gasteiger partial charge >= 0.3 is 0 Å². The Morgan fingerprint density at radius 1 is 0.935 bits per heavy atom. The van der Waals surface area contributed by atoms with Crippen LogP contribution in [0, 0.1) is 6.92 Å². The molecule has 0 N–H and O–H groups in total. The SMILES string of the molecule is COc1ccc(C)cc1N(CC(=O)N(C)Cc1ccccc1)S(=O)(=O)c1ccccc1. The minimum absolute atomic E-state index is 0.108. The minimum atomic E-state index is -4.00. The van der Waals surface area contributed by atoms with Crippen molar-refractivity contribution in [2.24, 2.45) is 0 Å². The second kappa shape index (κ2) is 9.66. The molecule has 3 aromatic carbocycles. The van der Waals surface area contributed by atoms with Crippen LogP contribution in [-0.4, -0.2) is 39.9 Å². The molecule has 0 radical (unpaired) electrons. The minimum Gasteiger partial charge on any atom is -0.495 e. The Morgan fingerprint density at radius 2 is 1.55 bits per heavy atom. The number of carbonyl (C=O) groups is 1. The van der Waals surface area contributed by atoms with Gasteiger partial charge in [0.25, 0.3) is 10.0 Å². The van der Waals surface area contributed by atoms with E-state index in [-0.39, 0.29) is 17.3 Å². The topological polar surface area (TPSA) is 66.9 Å². The summed E-state index contributed by atoms with van der Waals surface area (Å²) in [5.74, 6) is 0.0514. The van der Waals surface area contributed by atoms with Gasteiger partial charge in [-0.1, -0.05) is 54.6 Å². The molecule has 0 aliphatic heterocycles. The van der Waals surface area contributed by atoms with Crippen molar-refractivity contribution >= 4 is 21.6 Å². The summed E-state index contributed by atoms with van der Waals surface area (Å²) in [5, 5.41) is 0. The monoisotopic (exact) mass is 438 g/mol. The predicted octanol–water partition coefficient (Wildman–Crippen LogP) is 3.86. The van der Waals surface area contributed by atoms with Crippen LogP contribution in [0.1, 0.15) is 11.1 Å². The molecule has 0 spiro atoms. The van der Waals surface area contributed by atoms with Crippen molar-refractivity contribution < 1.29 is 17.9 Å². The molecule has 0 aromatic heterocycles. The summed E-state index contributed by atoms with van der Waals surface area (Å²) in [6.45, 7) is 1.89. The fourth-order valence-electron chi connectivity index (χ4n) is 3.20. The van der Waals surface area contributed by atoms with Gasteiger partial charge in [-0.25, -0.2) is 8.42 Å². The van der Waals surface area contributed by atoms with Gasteiger partial charge in [-0.05, 0) is 42.3 Å². The average Bonchev–Trinajstić information content (AvgIpc) is 2.78. The summed E-state index contributed by atoms with van der Waals surface area (Å²) in [5.41, 5.74) is 2.14. The molecule has 7 heteroatoms. The van der Waals surface area contributed by atoms with Crippen LogP contribution in [0.3, 0.4) is 0 Å². The fourth-order valence-corrected chi connectivity index (χ4v) is 4.64. The standard InChI is InChI=1S/C24H26N2O4S/c1-19-14-15-23(30-3)22(16-19)26(31(28,29)21-12-8-5-9-13-21)18-24(27)25(2)17-20-10-6-4-7-11-20/h4-16H,17-18H2,1-3H3. The summed E-state index contributed by atoms with van der Waals surface area (Å²) in [4.78, 5) is 14.7. The number of ether oxygens (including phenoxy) is 1. The number of carbonyl (C=O) groups excluding carboxylic acids is 1. The van der Waals surface area contributed by atoms with Crippen LogP contribution in [0.2, 0.25) is 0 Å². The second-order valence-electron chi connectivity index (χ2n) is 7.24. The van der Waals surface area contributed by atoms with Crippen molar-refractivity contribution in [1.29, 1.82) is 0 Å². The summed E-state index contributed by atoms with van der Waals surface area (Å²) in [7, 11) is -0.859. The number of aryl methyl sites for hydroxylation is 1. The van der Waals surface area contributed by atoms with Gasteiger partial charge in [-0.2, -0.15) is 0 Å². The number of hydrogen-bond acceptors (Lipinski definition) is 4. The summed E-state index contributed by atoms with van der Waals surface area (Å²) in [6.07, 6.45) is 0. The van der Waals surface area contributed by atoms with Gasteiger partial charge in [-0.3, -0.25) is 9.10 Å². The van der Waals surface area contributed by atoms with Crippen LogP contribution in [0.4, 0.5) is 5.69 Å². The lowest BCUT2D eigenvalue weighted by molar-refractivity contribution is -0.128. The van der Waals surface area contributed by atoms with Gasteiger partial charge in [-0.15, -0.1) is 0 Å². The van der Waals surface area contributed by atoms with E-state index in [2.05, 4.69) is 0 Å². The fraction of sp³-hybridized carbons (Fsp3) is 0.208. The maximum absolute atomic E-state index is 13.5. The Bertz CT molecular complexity index is 1130. The largest absolute Gasteiger partial charge is 0.495 e. The zero-order chi connectivity index (χ0) is 22.4. The van der Waals surface area contributed by atoms with Crippen LogP contribution < -0.4 is 9.04 Å². The number of anilines is 1. The smallest absolute Gasteiger partial charge is 0.264 e. The zero-order valence-electron chi connectivity index (χ0n) is 17.9. The van der Waals surface area contributed by atoms with Gasteiger partial charge in [0, 0.05) is 13.6 Å². The quantitative estimate of drug-likeness (QED) is 0.536. The van der Waals surface area contributed by atoms with E-state index in [0.717, 1.165) is 15.4 Å². The van der Waals surface area contributed by atoms with E-state index in [4.69, 9.17) is 4.74 Å². The Balaban J connectivity index is 1.99. The first-order chi connectivity index (χ1) is 14.8. The molecule has 6 nitrogen and oxygen atoms in total. The number of benzene rings is 3. The molecule has 31 heavy (non-hydrogen) atoms. The van der Waals surface area contributed by atoms with Crippen molar-refractivity contribution in [3.63, 3.8) is 0 Å². The van der Waals surface area contributed by atoms with Crippen LogP contribution >= 0.6 is 0 Å². The lowest BCUT2D eigenvalue weighted by Crippen LogP contribution is -2.41. The first-order valence-corrected chi connectivity index (χ1v) is 11.3. The third kappa shape index (κ3) is 5.24. The number of rotatable bonds is 8. The molecule has 1 amide bonds. The lowest BCUT2D eigenvalue weighted by atomic mass is 10.2. The van der Waals surface area contributed by atoms with E-state index >= 15 is 0 Å². The molecule has 162 valence electrons. The third-order valence-electron chi connectivity index (χ3n) is 4.90. The van der Waals surface area contributed by atoms with Crippen LogP contribution in [-0.2, 0) is 21.4 Å². The highest BCUT2D eigenvalue weighted by Gasteiger charge is 2.30. The number of amides is 1. The highest BCUT2D eigenvalue weighted by Crippen LogP contribution is 2.33. The molecule has 3 rings (SSSR count). The molecular formula is C24H26N2O4S. The maximum atomic E-state index is 13.5. The van der Waals surface area contributed by atoms with Crippen LogP contribution in [0.5, 0.6) is 5.75 Å². The second-order valence-corrected chi connectivity index (χ2v) is 9.10. The molecule has 0 aliphatic rings. The van der Waals surface area contributed by atoms with Crippen molar-refractivity contribution in [2.45, 2.75) is 18.4 Å². The molecule has 0 saturated carbocycles. The maximum Gasteiger partial charge on any atom is 0.264 e. The van der Waals surface area contributed by atoms with E-state index in [9.17, 15) is 13.2 Å². The van der Waals surface area contributed by atoms with E-state index in [1.54, 1.807) is 37.4 Å². The first kappa shape index (κ1) is 22.4. The van der Waals surface area contributed by atoms with E-state index in [0.29, 0.717) is 18.0 Å². The van der Waals surface area contributed by atoms with Crippen LogP contribution in [0.15, 0.2) is 83.8 Å². The van der Waals surface area contributed by atoms with Crippen molar-refractivity contribution in [2.75, 3.05) is 25.0 Å². The van der Waals surface area contributed by atoms with Gasteiger partial charge in [0.05, 0.1) is 17.7 Å². The Labute approximate surface area is 183 Å². The van der Waals surface area contributed by atoms with Gasteiger partial charge in [0.15, 0.2) is 0 Å². The van der Waals surface area contributed by atoms with Crippen molar-refractivity contribution in [3.8, 4) is 5.75 Å². The molecule has 3 aromatic rings. The number of methoxy groups -OCH3 is 1. The molecule has 0 fully saturated rings. The zero-order valence-corrected chi connectivity index (χ0v) is 18.7. The number of hydrogen-bond donors (Lipinski definition) is 0. The predicted molar refractivity (Wildman–Crippen MR) is 122 cm³/mol. The summed E-state index contributed by atoms with van der Waals surface area (Å²) >= 11 is 0. The van der Waals surface area contributed by atoms with Gasteiger partial charge in [0.1, 0.15) is 12.3 Å². The number of sulfonamides is 1. The van der Waals surface area contributed by atoms with Gasteiger partial charge in [0.2, 0.25) is 5.91 Å². The molecule has 0 heterocycles.